The first-order valence-electron chi connectivity index (χ1n) is 10.5. The van der Waals surface area contributed by atoms with Gasteiger partial charge in [0, 0.05) is 18.5 Å². The zero-order valence-corrected chi connectivity index (χ0v) is 17.5. The number of aryl methyl sites for hydroxylation is 1. The highest BCUT2D eigenvalue weighted by Crippen LogP contribution is 2.12. The number of nitrogens with zero attached hydrogens (tertiary/aromatic N) is 2. The summed E-state index contributed by atoms with van der Waals surface area (Å²) in [5.74, 6) is 0.0867. The number of Topliss-reactive ketones (excluding diaryl/α,β-unsaturated/α-hetero) is 1. The molecule has 0 radical (unpaired) electrons. The Kier molecular flexibility index (Phi) is 5.94. The van der Waals surface area contributed by atoms with Gasteiger partial charge in [0.1, 0.15) is 0 Å². The van der Waals surface area contributed by atoms with Gasteiger partial charge in [0.15, 0.2) is 5.78 Å². The average Bonchev–Trinajstić information content (AvgIpc) is 2.82. The molecule has 5 nitrogen and oxygen atoms in total. The minimum Gasteiger partial charge on any atom is -0.294 e. The molecule has 0 atom stereocenters. The molecule has 3 aromatic carbocycles. The highest BCUT2D eigenvalue weighted by atomic mass is 16.2. The third-order valence-corrected chi connectivity index (χ3v) is 5.54. The van der Waals surface area contributed by atoms with Crippen LogP contribution in [-0.2, 0) is 19.5 Å². The van der Waals surface area contributed by atoms with Crippen molar-refractivity contribution in [1.82, 2.24) is 9.13 Å². The van der Waals surface area contributed by atoms with Gasteiger partial charge in [-0.1, -0.05) is 73.7 Å². The van der Waals surface area contributed by atoms with Crippen molar-refractivity contribution >= 4 is 16.7 Å². The van der Waals surface area contributed by atoms with Gasteiger partial charge < -0.3 is 0 Å². The minimum absolute atomic E-state index is 0.0867. The van der Waals surface area contributed by atoms with E-state index >= 15 is 0 Å². The quantitative estimate of drug-likeness (QED) is 0.430. The van der Waals surface area contributed by atoms with E-state index in [0.29, 0.717) is 42.4 Å². The molecule has 1 aromatic heterocycles. The number of carbonyl (C=O) groups is 1. The van der Waals surface area contributed by atoms with Crippen molar-refractivity contribution in [1.29, 1.82) is 0 Å². The predicted molar refractivity (Wildman–Crippen MR) is 123 cm³/mol. The van der Waals surface area contributed by atoms with Gasteiger partial charge in [-0.05, 0) is 29.7 Å². The van der Waals surface area contributed by atoms with Crippen LogP contribution in [0.3, 0.4) is 0 Å². The summed E-state index contributed by atoms with van der Waals surface area (Å²) in [5, 5.41) is 0.521. The predicted octanol–water partition coefficient (Wildman–Crippen LogP) is 4.05. The number of hydrogen-bond donors (Lipinski definition) is 0. The van der Waals surface area contributed by atoms with E-state index in [1.165, 1.54) is 4.57 Å². The van der Waals surface area contributed by atoms with E-state index in [1.807, 2.05) is 61.5 Å². The Hall–Kier alpha value is -3.73. The summed E-state index contributed by atoms with van der Waals surface area (Å²) in [4.78, 5) is 38.3. The number of fused-ring (bicyclic) bond motifs is 1. The molecule has 0 unspecified atom stereocenters. The largest absolute Gasteiger partial charge is 0.331 e. The first-order chi connectivity index (χ1) is 15.1. The zero-order chi connectivity index (χ0) is 21.8. The van der Waals surface area contributed by atoms with Gasteiger partial charge in [0.2, 0.25) is 0 Å². The maximum atomic E-state index is 13.3. The van der Waals surface area contributed by atoms with Crippen molar-refractivity contribution in [3.05, 3.63) is 116 Å². The van der Waals surface area contributed by atoms with Gasteiger partial charge in [0.05, 0.1) is 17.4 Å². The van der Waals surface area contributed by atoms with Crippen LogP contribution in [0.2, 0.25) is 0 Å². The smallest absolute Gasteiger partial charge is 0.294 e. The van der Waals surface area contributed by atoms with Gasteiger partial charge in [0.25, 0.3) is 5.56 Å². The summed E-state index contributed by atoms with van der Waals surface area (Å²) in [6, 6.07) is 24.3. The molecule has 156 valence electrons. The molecule has 4 rings (SSSR count). The van der Waals surface area contributed by atoms with E-state index in [4.69, 9.17) is 0 Å². The van der Waals surface area contributed by atoms with E-state index < -0.39 is 0 Å². The summed E-state index contributed by atoms with van der Waals surface area (Å²) in [6.45, 7) is 2.47. The molecule has 5 heteroatoms. The molecule has 0 fully saturated rings. The highest BCUT2D eigenvalue weighted by molar-refractivity contribution is 5.95. The molecule has 0 spiro atoms. The minimum atomic E-state index is -0.326. The molecule has 4 aromatic rings. The summed E-state index contributed by atoms with van der Waals surface area (Å²) in [6.07, 6.45) is 1.05. The lowest BCUT2D eigenvalue weighted by atomic mass is 10.1. The van der Waals surface area contributed by atoms with Crippen molar-refractivity contribution in [3.8, 4) is 0 Å². The number of ketones is 1. The summed E-state index contributed by atoms with van der Waals surface area (Å²) in [7, 11) is 0. The summed E-state index contributed by atoms with van der Waals surface area (Å²) in [5.41, 5.74) is 2.65. The molecule has 0 saturated carbocycles. The van der Waals surface area contributed by atoms with E-state index in [1.54, 1.807) is 28.8 Å². The fourth-order valence-corrected chi connectivity index (χ4v) is 3.79. The fraction of sp³-hybridized carbons (Fsp3) is 0.192. The van der Waals surface area contributed by atoms with E-state index in [-0.39, 0.29) is 17.0 Å². The first-order valence-corrected chi connectivity index (χ1v) is 10.5. The van der Waals surface area contributed by atoms with E-state index in [9.17, 15) is 14.4 Å². The van der Waals surface area contributed by atoms with Crippen LogP contribution in [0.1, 0.15) is 34.8 Å². The van der Waals surface area contributed by atoms with Crippen LogP contribution in [0.15, 0.2) is 88.5 Å². The van der Waals surface area contributed by atoms with Crippen molar-refractivity contribution in [2.24, 2.45) is 0 Å². The van der Waals surface area contributed by atoms with Crippen molar-refractivity contribution < 1.29 is 4.79 Å². The number of aromatic nitrogens is 2. The van der Waals surface area contributed by atoms with E-state index in [2.05, 4.69) is 0 Å². The molecule has 1 heterocycles. The molecule has 31 heavy (non-hydrogen) atoms. The number of rotatable bonds is 7. The van der Waals surface area contributed by atoms with Gasteiger partial charge in [-0.2, -0.15) is 0 Å². The molecule has 0 aliphatic carbocycles. The van der Waals surface area contributed by atoms with E-state index in [0.717, 1.165) is 11.1 Å². The normalized spacial score (nSPS) is 11.0. The lowest BCUT2D eigenvalue weighted by molar-refractivity contribution is 0.0988. The SMILES string of the molecule is CCC(=O)c1ccc(Cn2c(=O)n(CCc3ccccc3)c(=O)c3ccccc32)cc1. The number of hydrogen-bond acceptors (Lipinski definition) is 3. The van der Waals surface area contributed by atoms with Crippen LogP contribution < -0.4 is 11.2 Å². The third-order valence-electron chi connectivity index (χ3n) is 5.54. The van der Waals surface area contributed by atoms with Gasteiger partial charge >= 0.3 is 5.69 Å². The first kappa shape index (κ1) is 20.5. The molecule has 0 amide bonds. The number of benzene rings is 3. The zero-order valence-electron chi connectivity index (χ0n) is 17.5. The second kappa shape index (κ2) is 8.96. The lowest BCUT2D eigenvalue weighted by Gasteiger charge is -2.14. The van der Waals surface area contributed by atoms with Crippen LogP contribution in [0.25, 0.3) is 10.9 Å². The molecule has 0 aliphatic heterocycles. The van der Waals surface area contributed by atoms with Gasteiger partial charge in [-0.3, -0.25) is 18.7 Å². The third kappa shape index (κ3) is 4.26. The molecular formula is C26H24N2O3. The highest BCUT2D eigenvalue weighted by Gasteiger charge is 2.13. The second-order valence-electron chi connectivity index (χ2n) is 7.55. The topological polar surface area (TPSA) is 61.1 Å². The Balaban J connectivity index is 1.74. The van der Waals surface area contributed by atoms with Crippen LogP contribution in [0, 0.1) is 0 Å². The second-order valence-corrected chi connectivity index (χ2v) is 7.55. The monoisotopic (exact) mass is 412 g/mol. The van der Waals surface area contributed by atoms with Crippen molar-refractivity contribution in [3.63, 3.8) is 0 Å². The average molecular weight is 412 g/mol. The number of para-hydroxylation sites is 1. The van der Waals surface area contributed by atoms with Crippen LogP contribution in [0.4, 0.5) is 0 Å². The van der Waals surface area contributed by atoms with Gasteiger partial charge in [-0.25, -0.2) is 4.79 Å². The molecule has 0 bridgehead atoms. The Morgan fingerprint density at radius 2 is 1.45 bits per heavy atom. The number of carbonyl (C=O) groups excluding carboxylic acids is 1. The molecule has 0 saturated heterocycles. The van der Waals surface area contributed by atoms with Crippen LogP contribution >= 0.6 is 0 Å². The maximum absolute atomic E-state index is 13.3. The summed E-state index contributed by atoms with van der Waals surface area (Å²) < 4.78 is 2.96. The Morgan fingerprint density at radius 1 is 0.774 bits per heavy atom. The van der Waals surface area contributed by atoms with Crippen LogP contribution in [0.5, 0.6) is 0 Å². The molecule has 0 aliphatic rings. The fourth-order valence-electron chi connectivity index (χ4n) is 3.79. The lowest BCUT2D eigenvalue weighted by Crippen LogP contribution is -2.40. The summed E-state index contributed by atoms with van der Waals surface area (Å²) >= 11 is 0. The van der Waals surface area contributed by atoms with Crippen molar-refractivity contribution in [2.75, 3.05) is 0 Å². The maximum Gasteiger partial charge on any atom is 0.331 e. The molecular weight excluding hydrogens is 388 g/mol. The Morgan fingerprint density at radius 3 is 2.16 bits per heavy atom. The Labute approximate surface area is 180 Å². The Bertz CT molecular complexity index is 1330. The van der Waals surface area contributed by atoms with Crippen LogP contribution in [-0.4, -0.2) is 14.9 Å². The van der Waals surface area contributed by atoms with Crippen molar-refractivity contribution in [2.45, 2.75) is 32.9 Å². The van der Waals surface area contributed by atoms with Gasteiger partial charge in [-0.15, -0.1) is 0 Å². The standard InChI is InChI=1S/C26H24N2O3/c1-2-24(29)21-14-12-20(13-15-21)18-28-23-11-7-6-10-22(23)25(30)27(26(28)31)17-16-19-8-4-3-5-9-19/h3-15H,2,16-18H2,1H3. The molecule has 0 N–H and O–H groups in total.